The summed E-state index contributed by atoms with van der Waals surface area (Å²) >= 11 is 5.69. The van der Waals surface area contributed by atoms with Gasteiger partial charge >= 0.3 is 5.82 Å². The molecule has 1 aromatic heterocycles. The molecule has 0 N–H and O–H groups in total. The van der Waals surface area contributed by atoms with Gasteiger partial charge in [-0.2, -0.15) is 4.68 Å². The number of hydrogen-bond donors (Lipinski definition) is 0. The van der Waals surface area contributed by atoms with Crippen LogP contribution in [0.4, 0.5) is 5.82 Å². The van der Waals surface area contributed by atoms with Gasteiger partial charge in [0.15, 0.2) is 10.8 Å². The van der Waals surface area contributed by atoms with Gasteiger partial charge in [-0.25, -0.2) is 0 Å². The summed E-state index contributed by atoms with van der Waals surface area (Å²) in [5, 5.41) is 14.3. The van der Waals surface area contributed by atoms with Crippen LogP contribution in [0.25, 0.3) is 0 Å². The minimum Gasteiger partial charge on any atom is -0.358 e. The molecule has 0 radical (unpaired) electrons. The molecule has 21 heavy (non-hydrogen) atoms. The Morgan fingerprint density at radius 2 is 2.05 bits per heavy atom. The lowest BCUT2D eigenvalue weighted by molar-refractivity contribution is -0.389. The highest BCUT2D eigenvalue weighted by Gasteiger charge is 2.20. The Labute approximate surface area is 126 Å². The lowest BCUT2D eigenvalue weighted by atomic mass is 10.1. The van der Waals surface area contributed by atoms with Gasteiger partial charge in [-0.3, -0.25) is 4.79 Å². The zero-order chi connectivity index (χ0) is 15.4. The number of hydrogen-bond acceptors (Lipinski definition) is 4. The molecule has 0 aliphatic carbocycles. The van der Waals surface area contributed by atoms with Gasteiger partial charge in [0.2, 0.25) is 0 Å². The van der Waals surface area contributed by atoms with E-state index in [9.17, 15) is 14.9 Å². The van der Waals surface area contributed by atoms with Crippen LogP contribution in [0.2, 0.25) is 5.02 Å². The molecule has 6 nitrogen and oxygen atoms in total. The minimum atomic E-state index is -0.678. The highest BCUT2D eigenvalue weighted by molar-refractivity contribution is 6.32. The van der Waals surface area contributed by atoms with Crippen LogP contribution in [-0.2, 0) is 13.0 Å². The van der Waals surface area contributed by atoms with Gasteiger partial charge in [-0.05, 0) is 16.9 Å². The van der Waals surface area contributed by atoms with E-state index in [1.807, 2.05) is 12.1 Å². The zero-order valence-electron chi connectivity index (χ0n) is 11.5. The monoisotopic (exact) mass is 307 g/mol. The van der Waals surface area contributed by atoms with Crippen molar-refractivity contribution < 1.29 is 9.72 Å². The third kappa shape index (κ3) is 3.66. The molecule has 1 aromatic carbocycles. The summed E-state index contributed by atoms with van der Waals surface area (Å²) in [6.45, 7) is 2.01. The summed E-state index contributed by atoms with van der Waals surface area (Å²) in [6.07, 6.45) is 3.29. The first-order chi connectivity index (χ1) is 10.0. The molecule has 0 fully saturated rings. The number of rotatable bonds is 6. The molecule has 2 aromatic rings. The predicted octanol–water partition coefficient (Wildman–Crippen LogP) is 3.28. The number of ketones is 1. The van der Waals surface area contributed by atoms with E-state index in [0.717, 1.165) is 12.8 Å². The second kappa shape index (κ2) is 6.49. The third-order valence-electron chi connectivity index (χ3n) is 2.99. The van der Waals surface area contributed by atoms with Crippen LogP contribution in [0, 0.1) is 10.1 Å². The average Bonchev–Trinajstić information content (AvgIpc) is 2.81. The average molecular weight is 308 g/mol. The van der Waals surface area contributed by atoms with Gasteiger partial charge in [0.05, 0.1) is 11.3 Å². The van der Waals surface area contributed by atoms with Gasteiger partial charge in [0.25, 0.3) is 0 Å². The van der Waals surface area contributed by atoms with Crippen molar-refractivity contribution in [2.24, 2.45) is 0 Å². The molecular weight excluding hydrogens is 294 g/mol. The predicted molar refractivity (Wildman–Crippen MR) is 78.7 cm³/mol. The van der Waals surface area contributed by atoms with Crippen molar-refractivity contribution in [1.82, 2.24) is 9.78 Å². The Morgan fingerprint density at radius 3 is 2.57 bits per heavy atom. The SMILES string of the molecule is CCCc1ccc(C(=O)Cn2cc(Cl)c([N+](=O)[O-])n2)cc1. The fraction of sp³-hybridized carbons (Fsp3) is 0.286. The number of nitro groups is 1. The standard InChI is InChI=1S/C14H14ClN3O3/c1-2-3-10-4-6-11(7-5-10)13(19)9-17-8-12(15)14(16-17)18(20)21/h4-8H,2-3,9H2,1H3. The number of aryl methyl sites for hydroxylation is 1. The molecule has 0 bridgehead atoms. The summed E-state index contributed by atoms with van der Waals surface area (Å²) in [5.74, 6) is -0.616. The highest BCUT2D eigenvalue weighted by atomic mass is 35.5. The van der Waals surface area contributed by atoms with Crippen molar-refractivity contribution in [1.29, 1.82) is 0 Å². The van der Waals surface area contributed by atoms with Crippen LogP contribution in [-0.4, -0.2) is 20.5 Å². The third-order valence-corrected chi connectivity index (χ3v) is 3.26. The van der Waals surface area contributed by atoms with Gasteiger partial charge in [-0.1, -0.05) is 49.2 Å². The Morgan fingerprint density at radius 1 is 1.38 bits per heavy atom. The van der Waals surface area contributed by atoms with Crippen molar-refractivity contribution in [2.45, 2.75) is 26.3 Å². The Kier molecular flexibility index (Phi) is 4.70. The molecule has 110 valence electrons. The fourth-order valence-electron chi connectivity index (χ4n) is 1.98. The van der Waals surface area contributed by atoms with Gasteiger partial charge in [0.1, 0.15) is 6.54 Å². The number of halogens is 1. The molecule has 7 heteroatoms. The van der Waals surface area contributed by atoms with Crippen molar-refractivity contribution in [2.75, 3.05) is 0 Å². The van der Waals surface area contributed by atoms with Crippen LogP contribution in [0.3, 0.4) is 0 Å². The minimum absolute atomic E-state index is 0.0777. The largest absolute Gasteiger partial charge is 0.408 e. The topological polar surface area (TPSA) is 78.0 Å². The van der Waals surface area contributed by atoms with Crippen LogP contribution in [0.15, 0.2) is 30.5 Å². The second-order valence-corrected chi connectivity index (χ2v) is 5.03. The molecule has 0 atom stereocenters. The van der Waals surface area contributed by atoms with E-state index in [4.69, 9.17) is 11.6 Å². The summed E-state index contributed by atoms with van der Waals surface area (Å²) in [5.41, 5.74) is 1.72. The summed E-state index contributed by atoms with van der Waals surface area (Å²) in [7, 11) is 0. The maximum absolute atomic E-state index is 12.1. The zero-order valence-corrected chi connectivity index (χ0v) is 12.2. The van der Waals surface area contributed by atoms with Crippen molar-refractivity contribution in [3.63, 3.8) is 0 Å². The van der Waals surface area contributed by atoms with Crippen LogP contribution < -0.4 is 0 Å². The van der Waals surface area contributed by atoms with Gasteiger partial charge in [0, 0.05) is 5.56 Å². The van der Waals surface area contributed by atoms with E-state index in [1.165, 1.54) is 16.4 Å². The Balaban J connectivity index is 2.10. The van der Waals surface area contributed by atoms with Crippen molar-refractivity contribution in [3.8, 4) is 0 Å². The normalized spacial score (nSPS) is 10.6. The van der Waals surface area contributed by atoms with E-state index in [-0.39, 0.29) is 17.4 Å². The molecule has 1 heterocycles. The molecule has 0 saturated carbocycles. The maximum Gasteiger partial charge on any atom is 0.408 e. The Bertz CT molecular complexity index is 665. The molecule has 0 aliphatic heterocycles. The summed E-state index contributed by atoms with van der Waals surface area (Å²) < 4.78 is 1.18. The van der Waals surface area contributed by atoms with Crippen LogP contribution in [0.1, 0.15) is 29.3 Å². The lowest BCUT2D eigenvalue weighted by Gasteiger charge is -2.02. The van der Waals surface area contributed by atoms with E-state index < -0.39 is 10.7 Å². The molecular formula is C14H14ClN3O3. The van der Waals surface area contributed by atoms with Crippen molar-refractivity contribution in [3.05, 3.63) is 56.7 Å². The number of nitrogens with zero attached hydrogens (tertiary/aromatic N) is 3. The van der Waals surface area contributed by atoms with E-state index in [0.29, 0.717) is 5.56 Å². The number of Topliss-reactive ketones (excluding diaryl/α,β-unsaturated/α-hetero) is 1. The van der Waals surface area contributed by atoms with Crippen molar-refractivity contribution >= 4 is 23.2 Å². The fourth-order valence-corrected chi connectivity index (χ4v) is 2.20. The first-order valence-corrected chi connectivity index (χ1v) is 6.88. The van der Waals surface area contributed by atoms with E-state index in [2.05, 4.69) is 12.0 Å². The van der Waals surface area contributed by atoms with E-state index in [1.54, 1.807) is 12.1 Å². The second-order valence-electron chi connectivity index (χ2n) is 4.63. The molecule has 0 amide bonds. The number of carbonyl (C=O) groups excluding carboxylic acids is 1. The smallest absolute Gasteiger partial charge is 0.358 e. The quantitative estimate of drug-likeness (QED) is 0.466. The number of benzene rings is 1. The molecule has 0 aliphatic rings. The summed E-state index contributed by atoms with van der Waals surface area (Å²) in [4.78, 5) is 22.1. The summed E-state index contributed by atoms with van der Waals surface area (Å²) in [6, 6.07) is 7.34. The van der Waals surface area contributed by atoms with Gasteiger partial charge < -0.3 is 10.1 Å². The van der Waals surface area contributed by atoms with Crippen LogP contribution >= 0.6 is 11.6 Å². The molecule has 0 spiro atoms. The molecule has 0 saturated heterocycles. The first-order valence-electron chi connectivity index (χ1n) is 6.50. The first kappa shape index (κ1) is 15.2. The number of carbonyl (C=O) groups is 1. The maximum atomic E-state index is 12.1. The van der Waals surface area contributed by atoms with E-state index >= 15 is 0 Å². The molecule has 2 rings (SSSR count). The van der Waals surface area contributed by atoms with Crippen LogP contribution in [0.5, 0.6) is 0 Å². The van der Waals surface area contributed by atoms with Gasteiger partial charge in [-0.15, -0.1) is 0 Å². The number of aromatic nitrogens is 2. The Hall–Kier alpha value is -2.21. The highest BCUT2D eigenvalue weighted by Crippen LogP contribution is 2.21. The lowest BCUT2D eigenvalue weighted by Crippen LogP contribution is -2.11. The molecule has 0 unspecified atom stereocenters.